The molecule has 70 heavy (non-hydrogen) atoms. The molecule has 25 heteroatoms. The summed E-state index contributed by atoms with van der Waals surface area (Å²) in [5.41, 5.74) is 2.58. The van der Waals surface area contributed by atoms with Crippen molar-refractivity contribution in [2.45, 2.75) is 29.9 Å². The third-order valence-corrected chi connectivity index (χ3v) is 23.4. The molecule has 0 amide bonds. The van der Waals surface area contributed by atoms with Gasteiger partial charge in [-0.05, 0) is 126 Å². The second-order valence-corrected chi connectivity index (χ2v) is 30.8. The van der Waals surface area contributed by atoms with E-state index < -0.39 is 28.5 Å². The van der Waals surface area contributed by atoms with Gasteiger partial charge in [0, 0.05) is 156 Å². The van der Waals surface area contributed by atoms with E-state index in [1.54, 1.807) is 113 Å². The molecule has 0 fully saturated rings. The van der Waals surface area contributed by atoms with E-state index in [4.69, 9.17) is 14.2 Å². The average molecular weight is 2160 g/mol. The first-order chi connectivity index (χ1) is 32.4. The van der Waals surface area contributed by atoms with Gasteiger partial charge in [0.05, 0.1) is 17.9 Å². The third-order valence-electron chi connectivity index (χ3n) is 9.04. The number of aliphatic carboxylic acids is 3. The fraction of sp³-hybridized carbons (Fsp3) is 0.133. The number of carboxylic acids is 3. The van der Waals surface area contributed by atoms with Gasteiger partial charge in [-0.15, -0.1) is 0 Å². The minimum atomic E-state index is -1.13. The molecule has 0 heterocycles. The van der Waals surface area contributed by atoms with Crippen LogP contribution in [0.15, 0.2) is 146 Å². The fourth-order valence-electron chi connectivity index (χ4n) is 5.39. The zero-order valence-electron chi connectivity index (χ0n) is 35.2. The Balaban J connectivity index is 0.000000276. The molecule has 2 radical (unpaired) electrons. The zero-order valence-corrected chi connectivity index (χ0v) is 58.1. The summed E-state index contributed by atoms with van der Waals surface area (Å²) < 4.78 is 18.3. The van der Waals surface area contributed by atoms with Crippen molar-refractivity contribution in [3.05, 3.63) is 162 Å². The molecule has 6 aromatic rings. The molecule has 0 bridgehead atoms. The van der Waals surface area contributed by atoms with Crippen molar-refractivity contribution in [3.63, 3.8) is 0 Å². The number of carbonyl (C=O) groups excluding carboxylic acids is 3. The normalized spacial score (nSPS) is 13.4. The van der Waals surface area contributed by atoms with Crippen LogP contribution in [0.25, 0.3) is 0 Å². The number of phenolic OH excluding ortho intramolecular Hbond substituents is 3. The Bertz CT molecular complexity index is 2320. The predicted octanol–water partition coefficient (Wildman–Crippen LogP) is 10.4. The van der Waals surface area contributed by atoms with E-state index in [1.807, 2.05) is 241 Å². The van der Waals surface area contributed by atoms with E-state index in [0.29, 0.717) is 53.8 Å². The molecule has 0 saturated heterocycles. The summed E-state index contributed by atoms with van der Waals surface area (Å²) >= 11 is 17.3. The Hall–Kier alpha value is -0.137. The minimum Gasteiger partial charge on any atom is -0.547 e. The number of nitrogens with zero attached hydrogens (tertiary/aromatic N) is 3. The maximum absolute atomic E-state index is 11.4. The maximum atomic E-state index is 11.4. The van der Waals surface area contributed by atoms with Gasteiger partial charge in [0.2, 0.25) is 0 Å². The Kier molecular flexibility index (Phi) is 28.0. The first-order valence-corrected chi connectivity index (χ1v) is 28.2. The van der Waals surface area contributed by atoms with Gasteiger partial charge in [0.25, 0.3) is 0 Å². The largest absolute Gasteiger partial charge is 3.00 e. The molecular weight excluding hydrogens is 2130 g/mol. The standard InChI is InChI=1S/3C15H12I3NO4.Bi/c3*16-15(14(21)22,19(17)18)9-10-1-5-12(6-2-10)23-13-7-3-11(20)4-8-13;/h3*1-8,20H,9H2,(H,21,22);/q;;;+3/p-3/t3*15-;/m000./s1. The second-order valence-electron chi connectivity index (χ2n) is 14.1. The smallest absolute Gasteiger partial charge is 0.547 e. The zero-order chi connectivity index (χ0) is 51.1. The SMILES string of the molecule is O=C([O-])[C@](I)(Cc1ccc(Oc2ccc(O)cc2)cc1)N(I)I.O=C([O-])[C@](I)(Cc1ccc(Oc2ccc(O)cc2)cc1)N(I)I.O=C([O-])[C@](I)(Cc1ccc(Oc2ccc(O)cc2)cc1)N(I)I.[Bi+3]. The summed E-state index contributed by atoms with van der Waals surface area (Å²) in [6.07, 6.45) is 0.920. The van der Waals surface area contributed by atoms with E-state index in [9.17, 15) is 45.0 Å². The molecule has 0 aliphatic carbocycles. The molecule has 15 nitrogen and oxygen atoms in total. The number of carbonyl (C=O) groups is 3. The van der Waals surface area contributed by atoms with E-state index in [1.165, 1.54) is 0 Å². The molecule has 0 unspecified atom stereocenters. The van der Waals surface area contributed by atoms with Crippen LogP contribution in [0.2, 0.25) is 0 Å². The summed E-state index contributed by atoms with van der Waals surface area (Å²) in [6.45, 7) is 0. The summed E-state index contributed by atoms with van der Waals surface area (Å²) in [5, 5.41) is 61.9. The van der Waals surface area contributed by atoms with Crippen LogP contribution in [0.5, 0.6) is 51.7 Å². The molecule has 0 spiro atoms. The van der Waals surface area contributed by atoms with Crippen molar-refractivity contribution < 1.29 is 59.2 Å². The van der Waals surface area contributed by atoms with Crippen LogP contribution >= 0.6 is 205 Å². The number of hydrogen-bond donors (Lipinski definition) is 3. The number of alkyl halides is 3. The van der Waals surface area contributed by atoms with Gasteiger partial charge in [-0.2, -0.15) is 3.98 Å². The third kappa shape index (κ3) is 20.1. The molecule has 368 valence electrons. The van der Waals surface area contributed by atoms with Gasteiger partial charge < -0.3 is 59.2 Å². The number of ether oxygens (including phenoxy) is 3. The van der Waals surface area contributed by atoms with Crippen molar-refractivity contribution in [2.75, 3.05) is 0 Å². The fourth-order valence-corrected chi connectivity index (χ4v) is 8.92. The maximum Gasteiger partial charge on any atom is 3.00 e. The van der Waals surface area contributed by atoms with Gasteiger partial charge in [-0.25, -0.2) is 0 Å². The molecule has 0 aliphatic rings. The van der Waals surface area contributed by atoms with Crippen molar-refractivity contribution in [2.24, 2.45) is 0 Å². The number of hydrogen-bond acceptors (Lipinski definition) is 15. The molecular formula is C45H33BiI9N3O12. The van der Waals surface area contributed by atoms with Gasteiger partial charge >= 0.3 is 26.2 Å². The van der Waals surface area contributed by atoms with Crippen LogP contribution in [0.4, 0.5) is 0 Å². The van der Waals surface area contributed by atoms with Gasteiger partial charge in [0.15, 0.2) is 0 Å². The summed E-state index contributed by atoms with van der Waals surface area (Å²) in [7, 11) is 0. The molecule has 0 aliphatic heterocycles. The van der Waals surface area contributed by atoms with E-state index in [0.717, 1.165) is 16.7 Å². The number of carboxylic acid groups (broad SMARTS) is 3. The number of benzene rings is 6. The monoisotopic (exact) mass is 2160 g/mol. The van der Waals surface area contributed by atoms with E-state index in [2.05, 4.69) is 0 Å². The average Bonchev–Trinajstić information content (AvgIpc) is 3.30. The molecule has 0 aromatic heterocycles. The Morgan fingerprint density at radius 2 is 0.529 bits per heavy atom. The number of aromatic hydroxyl groups is 3. The summed E-state index contributed by atoms with van der Waals surface area (Å²) in [5.74, 6) is 0.858. The Morgan fingerprint density at radius 1 is 0.371 bits per heavy atom. The predicted molar refractivity (Wildman–Crippen MR) is 336 cm³/mol. The molecule has 3 N–H and O–H groups in total. The molecule has 0 saturated carbocycles. The van der Waals surface area contributed by atoms with E-state index in [-0.39, 0.29) is 43.5 Å². The second kappa shape index (κ2) is 30.6. The van der Waals surface area contributed by atoms with Crippen LogP contribution in [0, 0.1) is 0 Å². The molecule has 6 rings (SSSR count). The van der Waals surface area contributed by atoms with E-state index >= 15 is 0 Å². The van der Waals surface area contributed by atoms with Crippen molar-refractivity contribution in [1.29, 1.82) is 0 Å². The quantitative estimate of drug-likeness (QED) is 0.0240. The van der Waals surface area contributed by atoms with Crippen molar-refractivity contribution in [3.8, 4) is 51.7 Å². The summed E-state index contributed by atoms with van der Waals surface area (Å²) in [6, 6.07) is 40.9. The van der Waals surface area contributed by atoms with Crippen LogP contribution in [0.1, 0.15) is 16.7 Å². The first-order valence-electron chi connectivity index (χ1n) is 19.2. The minimum absolute atomic E-state index is 0. The van der Waals surface area contributed by atoms with Crippen LogP contribution in [-0.2, 0) is 33.6 Å². The van der Waals surface area contributed by atoms with Crippen molar-refractivity contribution >= 4 is 249 Å². The number of phenols is 3. The van der Waals surface area contributed by atoms with Crippen molar-refractivity contribution in [1.82, 2.24) is 3.98 Å². The summed E-state index contributed by atoms with van der Waals surface area (Å²) in [4.78, 5) is 34.2. The van der Waals surface area contributed by atoms with Crippen LogP contribution in [0.3, 0.4) is 0 Å². The van der Waals surface area contributed by atoms with Gasteiger partial charge in [-0.3, -0.25) is 0 Å². The topological polar surface area (TPSA) is 218 Å². The Labute approximate surface area is 547 Å². The van der Waals surface area contributed by atoms with Gasteiger partial charge in [-0.1, -0.05) is 104 Å². The number of halogens is 9. The Morgan fingerprint density at radius 3 is 0.671 bits per heavy atom. The first kappa shape index (κ1) is 64.2. The molecule has 6 aromatic carbocycles. The van der Waals surface area contributed by atoms with Crippen LogP contribution < -0.4 is 29.5 Å². The van der Waals surface area contributed by atoms with Crippen LogP contribution in [-0.4, -0.2) is 74.0 Å². The molecule has 3 atom stereocenters. The van der Waals surface area contributed by atoms with Gasteiger partial charge in [0.1, 0.15) is 62.4 Å². The number of rotatable bonds is 18.